The molecule has 0 amide bonds. The van der Waals surface area contributed by atoms with Crippen molar-refractivity contribution < 1.29 is 28.4 Å². The summed E-state index contributed by atoms with van der Waals surface area (Å²) >= 11 is 0. The van der Waals surface area contributed by atoms with Gasteiger partial charge in [-0.05, 0) is 49.2 Å². The van der Waals surface area contributed by atoms with Crippen molar-refractivity contribution in [1.29, 1.82) is 5.26 Å². The number of halogens is 2. The Hall–Kier alpha value is -3.48. The Morgan fingerprint density at radius 1 is 1.02 bits per heavy atom. The highest BCUT2D eigenvalue weighted by Gasteiger charge is 2.25. The summed E-state index contributed by atoms with van der Waals surface area (Å²) in [5.41, 5.74) is 4.32. The van der Waals surface area contributed by atoms with E-state index in [1.165, 1.54) is 0 Å². The van der Waals surface area contributed by atoms with E-state index in [2.05, 4.69) is 40.3 Å². The average molecular weight is 658 g/mol. The lowest BCUT2D eigenvalue weighted by Crippen LogP contribution is -2.36. The molecule has 0 saturated carbocycles. The molecule has 0 spiro atoms. The van der Waals surface area contributed by atoms with Gasteiger partial charge in [0, 0.05) is 39.2 Å². The number of aromatic nitrogens is 1. The number of nitrogens with zero attached hydrogens (tertiary/aromatic N) is 3. The normalized spacial score (nSPS) is 16.1. The monoisotopic (exact) mass is 656 g/mol. The molecular formula is C33H38Cl2N4O6. The van der Waals surface area contributed by atoms with Crippen molar-refractivity contribution >= 4 is 47.1 Å². The van der Waals surface area contributed by atoms with Crippen LogP contribution in [0.15, 0.2) is 30.5 Å². The molecule has 1 N–H and O–H groups in total. The molecule has 10 nitrogen and oxygen atoms in total. The zero-order valence-corrected chi connectivity index (χ0v) is 26.9. The van der Waals surface area contributed by atoms with Gasteiger partial charge in [0.25, 0.3) is 0 Å². The van der Waals surface area contributed by atoms with Crippen LogP contribution in [0.4, 0.5) is 11.4 Å². The molecule has 1 aromatic heterocycles. The largest absolute Gasteiger partial charge is 0.489 e. The zero-order chi connectivity index (χ0) is 29.4. The summed E-state index contributed by atoms with van der Waals surface area (Å²) in [4.78, 5) is 7.16. The number of aryl methyl sites for hydroxylation is 1. The molecule has 0 radical (unpaired) electrons. The molecule has 3 aliphatic heterocycles. The fourth-order valence-electron chi connectivity index (χ4n) is 5.63. The highest BCUT2D eigenvalue weighted by atomic mass is 35.5. The smallest absolute Gasteiger partial charge is 0.231 e. The van der Waals surface area contributed by atoms with Gasteiger partial charge in [0.05, 0.1) is 59.8 Å². The van der Waals surface area contributed by atoms with Gasteiger partial charge in [0.15, 0.2) is 11.5 Å². The van der Waals surface area contributed by atoms with Crippen molar-refractivity contribution in [1.82, 2.24) is 9.88 Å². The number of benzene rings is 2. The third kappa shape index (κ3) is 8.22. The molecule has 3 aliphatic rings. The molecule has 240 valence electrons. The lowest BCUT2D eigenvalue weighted by Gasteiger charge is -2.27. The van der Waals surface area contributed by atoms with Crippen molar-refractivity contribution in [2.24, 2.45) is 0 Å². The van der Waals surface area contributed by atoms with Gasteiger partial charge < -0.3 is 33.7 Å². The summed E-state index contributed by atoms with van der Waals surface area (Å²) in [6.45, 7) is 6.29. The van der Waals surface area contributed by atoms with Crippen LogP contribution in [0, 0.1) is 23.2 Å². The standard InChI is InChI=1S/C33H36N4O6.2ClH/c1-38-13-3-5-24-6-7-27(33-32(24)41-22-42-33)36-31-25(20-34)21-35-28-18-23(4-2-10-37-11-16-40-17-12-37)19-29(30(28)31)43-26-8-14-39-15-9-26;;/h6-7,18-19,21,26H,2,4,8-17,22H2,1H3,(H,35,36);2*1H. The second kappa shape index (κ2) is 16.7. The third-order valence-electron chi connectivity index (χ3n) is 7.84. The maximum atomic E-state index is 10.1. The molecule has 3 aromatic rings. The average Bonchev–Trinajstić information content (AvgIpc) is 3.54. The Morgan fingerprint density at radius 3 is 2.58 bits per heavy atom. The van der Waals surface area contributed by atoms with Crippen molar-refractivity contribution in [3.63, 3.8) is 0 Å². The van der Waals surface area contributed by atoms with Crippen LogP contribution in [0.1, 0.15) is 36.0 Å². The highest BCUT2D eigenvalue weighted by molar-refractivity contribution is 6.01. The minimum atomic E-state index is 0. The van der Waals surface area contributed by atoms with Gasteiger partial charge in [-0.15, -0.1) is 24.8 Å². The van der Waals surface area contributed by atoms with Crippen LogP contribution in [0.2, 0.25) is 0 Å². The summed E-state index contributed by atoms with van der Waals surface area (Å²) < 4.78 is 34.4. The first-order chi connectivity index (χ1) is 21.2. The van der Waals surface area contributed by atoms with Gasteiger partial charge in [0.1, 0.15) is 24.5 Å². The number of fused-ring (bicyclic) bond motifs is 2. The Morgan fingerprint density at radius 2 is 1.80 bits per heavy atom. The predicted octanol–water partition coefficient (Wildman–Crippen LogP) is 5.24. The molecule has 4 heterocycles. The number of hydrogen-bond donors (Lipinski definition) is 1. The van der Waals surface area contributed by atoms with Gasteiger partial charge in [-0.25, -0.2) is 0 Å². The fourth-order valence-corrected chi connectivity index (χ4v) is 5.63. The third-order valence-corrected chi connectivity index (χ3v) is 7.84. The molecule has 0 bridgehead atoms. The second-order valence-corrected chi connectivity index (χ2v) is 10.7. The molecular weight excluding hydrogens is 619 g/mol. The Balaban J connectivity index is 0.00000230. The van der Waals surface area contributed by atoms with Gasteiger partial charge in [-0.2, -0.15) is 5.26 Å². The Bertz CT molecular complexity index is 1560. The Kier molecular flexibility index (Phi) is 12.8. The molecule has 12 heteroatoms. The number of ether oxygens (including phenoxy) is 6. The maximum Gasteiger partial charge on any atom is 0.231 e. The highest BCUT2D eigenvalue weighted by Crippen LogP contribution is 2.45. The van der Waals surface area contributed by atoms with Gasteiger partial charge in [0.2, 0.25) is 6.79 Å². The molecule has 6 rings (SSSR count). The number of morpholine rings is 1. The predicted molar refractivity (Wildman–Crippen MR) is 176 cm³/mol. The molecule has 2 saturated heterocycles. The van der Waals surface area contributed by atoms with Crippen LogP contribution in [0.25, 0.3) is 10.9 Å². The van der Waals surface area contributed by atoms with E-state index in [1.54, 1.807) is 13.3 Å². The number of nitrogens with one attached hydrogen (secondary N) is 1. The van der Waals surface area contributed by atoms with Crippen LogP contribution in [-0.4, -0.2) is 82.6 Å². The number of methoxy groups -OCH3 is 1. The van der Waals surface area contributed by atoms with E-state index in [0.29, 0.717) is 59.6 Å². The molecule has 2 fully saturated rings. The summed E-state index contributed by atoms with van der Waals surface area (Å²) in [6.07, 6.45) is 5.16. The SMILES string of the molecule is COCC#Cc1ccc(Nc2c(C#N)cnc3cc(CCCN4CCOCC4)cc(OC4CCOCC4)c23)c2c1OCO2.Cl.Cl. The summed E-state index contributed by atoms with van der Waals surface area (Å²) in [5.74, 6) is 7.87. The first-order valence-electron chi connectivity index (χ1n) is 14.8. The van der Waals surface area contributed by atoms with Crippen LogP contribution in [0.5, 0.6) is 17.2 Å². The lowest BCUT2D eigenvalue weighted by molar-refractivity contribution is 0.0261. The quantitative estimate of drug-likeness (QED) is 0.307. The van der Waals surface area contributed by atoms with Crippen LogP contribution >= 0.6 is 24.8 Å². The lowest BCUT2D eigenvalue weighted by atomic mass is 10.0. The van der Waals surface area contributed by atoms with Crippen molar-refractivity contribution in [2.75, 3.05) is 71.9 Å². The van der Waals surface area contributed by atoms with Gasteiger partial charge in [-0.3, -0.25) is 9.88 Å². The molecule has 0 aliphatic carbocycles. The number of hydrogen-bond acceptors (Lipinski definition) is 10. The molecule has 0 atom stereocenters. The van der Waals surface area contributed by atoms with Crippen molar-refractivity contribution in [3.8, 4) is 35.2 Å². The minimum absolute atomic E-state index is 0. The van der Waals surface area contributed by atoms with Crippen molar-refractivity contribution in [2.45, 2.75) is 31.8 Å². The van der Waals surface area contributed by atoms with Crippen molar-refractivity contribution in [3.05, 3.63) is 47.2 Å². The number of anilines is 2. The molecule has 2 aromatic carbocycles. The van der Waals surface area contributed by atoms with E-state index in [9.17, 15) is 5.26 Å². The van der Waals surface area contributed by atoms with Crippen LogP contribution in [-0.2, 0) is 20.6 Å². The molecule has 0 unspecified atom stereocenters. The first kappa shape index (κ1) is 34.4. The molecule has 45 heavy (non-hydrogen) atoms. The van der Waals surface area contributed by atoms with Gasteiger partial charge >= 0.3 is 0 Å². The zero-order valence-electron chi connectivity index (χ0n) is 25.3. The van der Waals surface area contributed by atoms with Crippen LogP contribution < -0.4 is 19.5 Å². The number of nitriles is 1. The summed E-state index contributed by atoms with van der Waals surface area (Å²) in [7, 11) is 1.60. The fraction of sp³-hybridized carbons (Fsp3) is 0.455. The van der Waals surface area contributed by atoms with E-state index in [1.807, 2.05) is 12.1 Å². The minimum Gasteiger partial charge on any atom is -0.489 e. The van der Waals surface area contributed by atoms with E-state index in [4.69, 9.17) is 33.4 Å². The van der Waals surface area contributed by atoms with E-state index in [-0.39, 0.29) is 37.7 Å². The number of pyridine rings is 1. The van der Waals surface area contributed by atoms with E-state index < -0.39 is 0 Å². The second-order valence-electron chi connectivity index (χ2n) is 10.7. The number of rotatable bonds is 9. The van der Waals surface area contributed by atoms with Crippen LogP contribution in [0.3, 0.4) is 0 Å². The van der Waals surface area contributed by atoms with E-state index >= 15 is 0 Å². The summed E-state index contributed by atoms with van der Waals surface area (Å²) in [6, 6.07) is 10.3. The summed E-state index contributed by atoms with van der Waals surface area (Å²) in [5, 5.41) is 14.4. The van der Waals surface area contributed by atoms with E-state index in [0.717, 1.165) is 75.0 Å². The van der Waals surface area contributed by atoms with Gasteiger partial charge in [-0.1, -0.05) is 11.8 Å². The maximum absolute atomic E-state index is 10.1. The topological polar surface area (TPSA) is 107 Å². The first-order valence-corrected chi connectivity index (χ1v) is 14.8. The Labute approximate surface area is 276 Å².